The SMILES string of the molecule is CCOC(=O)C1CCN(C(=O)c2cc(C)nc(SCC)n2)CC1. The largest absolute Gasteiger partial charge is 0.466 e. The number of piperidine rings is 1. The van der Waals surface area contributed by atoms with E-state index in [0.717, 1.165) is 11.4 Å². The number of esters is 1. The minimum Gasteiger partial charge on any atom is -0.466 e. The Morgan fingerprint density at radius 3 is 2.61 bits per heavy atom. The van der Waals surface area contributed by atoms with Crippen LogP contribution in [0.3, 0.4) is 0 Å². The molecule has 0 spiro atoms. The number of ether oxygens (including phenoxy) is 1. The van der Waals surface area contributed by atoms with Gasteiger partial charge in [-0.3, -0.25) is 9.59 Å². The fourth-order valence-corrected chi connectivity index (χ4v) is 3.21. The quantitative estimate of drug-likeness (QED) is 0.466. The molecular weight excluding hydrogens is 314 g/mol. The minimum atomic E-state index is -0.154. The molecule has 0 aliphatic carbocycles. The molecule has 0 bridgehead atoms. The highest BCUT2D eigenvalue weighted by molar-refractivity contribution is 7.99. The van der Waals surface area contributed by atoms with Crippen LogP contribution in [0.25, 0.3) is 0 Å². The van der Waals surface area contributed by atoms with Gasteiger partial charge in [0.2, 0.25) is 0 Å². The fourth-order valence-electron chi connectivity index (χ4n) is 2.58. The van der Waals surface area contributed by atoms with Crippen LogP contribution in [-0.2, 0) is 9.53 Å². The molecule has 0 saturated carbocycles. The predicted molar refractivity (Wildman–Crippen MR) is 88.4 cm³/mol. The Balaban J connectivity index is 2.01. The van der Waals surface area contributed by atoms with E-state index in [4.69, 9.17) is 4.74 Å². The Bertz CT molecular complexity index is 572. The number of aromatic nitrogens is 2. The Kier molecular flexibility index (Phi) is 6.38. The number of amides is 1. The second-order valence-corrected chi connectivity index (χ2v) is 6.66. The van der Waals surface area contributed by atoms with E-state index in [-0.39, 0.29) is 17.8 Å². The first-order chi connectivity index (χ1) is 11.0. The van der Waals surface area contributed by atoms with Crippen molar-refractivity contribution in [1.29, 1.82) is 0 Å². The smallest absolute Gasteiger partial charge is 0.309 e. The van der Waals surface area contributed by atoms with E-state index in [1.54, 1.807) is 17.9 Å². The van der Waals surface area contributed by atoms with Crippen LogP contribution >= 0.6 is 11.8 Å². The third-order valence-electron chi connectivity index (χ3n) is 3.73. The number of nitrogens with zero attached hydrogens (tertiary/aromatic N) is 3. The number of carbonyl (C=O) groups is 2. The molecule has 0 atom stereocenters. The molecule has 0 aromatic carbocycles. The van der Waals surface area contributed by atoms with Crippen LogP contribution in [0.5, 0.6) is 0 Å². The first-order valence-electron chi connectivity index (χ1n) is 7.99. The number of likely N-dealkylation sites (tertiary alicyclic amines) is 1. The van der Waals surface area contributed by atoms with Crippen LogP contribution in [0.15, 0.2) is 11.2 Å². The second kappa shape index (κ2) is 8.29. The van der Waals surface area contributed by atoms with Gasteiger partial charge in [-0.1, -0.05) is 18.7 Å². The van der Waals surface area contributed by atoms with Crippen LogP contribution in [0, 0.1) is 12.8 Å². The average molecular weight is 337 g/mol. The zero-order valence-corrected chi connectivity index (χ0v) is 14.7. The summed E-state index contributed by atoms with van der Waals surface area (Å²) >= 11 is 1.52. The number of hydrogen-bond acceptors (Lipinski definition) is 6. The van der Waals surface area contributed by atoms with Gasteiger partial charge in [-0.05, 0) is 38.5 Å². The molecule has 1 aromatic heterocycles. The lowest BCUT2D eigenvalue weighted by atomic mass is 9.97. The van der Waals surface area contributed by atoms with Gasteiger partial charge in [0, 0.05) is 18.8 Å². The van der Waals surface area contributed by atoms with Crippen molar-refractivity contribution in [3.63, 3.8) is 0 Å². The third-order valence-corrected chi connectivity index (χ3v) is 4.46. The molecule has 0 radical (unpaired) electrons. The highest BCUT2D eigenvalue weighted by Gasteiger charge is 2.29. The molecule has 1 saturated heterocycles. The molecule has 23 heavy (non-hydrogen) atoms. The number of carbonyl (C=O) groups excluding carboxylic acids is 2. The lowest BCUT2D eigenvalue weighted by Crippen LogP contribution is -2.41. The summed E-state index contributed by atoms with van der Waals surface area (Å²) < 4.78 is 5.05. The highest BCUT2D eigenvalue weighted by atomic mass is 32.2. The molecule has 0 N–H and O–H groups in total. The van der Waals surface area contributed by atoms with Crippen molar-refractivity contribution >= 4 is 23.6 Å². The van der Waals surface area contributed by atoms with E-state index in [0.29, 0.717) is 43.4 Å². The molecule has 0 unspecified atom stereocenters. The van der Waals surface area contributed by atoms with Crippen molar-refractivity contribution in [1.82, 2.24) is 14.9 Å². The van der Waals surface area contributed by atoms with Crippen LogP contribution in [0.4, 0.5) is 0 Å². The molecular formula is C16H23N3O3S. The van der Waals surface area contributed by atoms with E-state index in [9.17, 15) is 9.59 Å². The fraction of sp³-hybridized carbons (Fsp3) is 0.625. The summed E-state index contributed by atoms with van der Waals surface area (Å²) in [4.78, 5) is 34.8. The van der Waals surface area contributed by atoms with Gasteiger partial charge < -0.3 is 9.64 Å². The Morgan fingerprint density at radius 2 is 2.00 bits per heavy atom. The number of aryl methyl sites for hydroxylation is 1. The lowest BCUT2D eigenvalue weighted by Gasteiger charge is -2.30. The molecule has 2 rings (SSSR count). The van der Waals surface area contributed by atoms with E-state index < -0.39 is 0 Å². The summed E-state index contributed by atoms with van der Waals surface area (Å²) in [6.07, 6.45) is 1.29. The molecule has 1 aliphatic rings. The monoisotopic (exact) mass is 337 g/mol. The maximum absolute atomic E-state index is 12.6. The highest BCUT2D eigenvalue weighted by Crippen LogP contribution is 2.21. The van der Waals surface area contributed by atoms with Gasteiger partial charge in [0.15, 0.2) is 5.16 Å². The van der Waals surface area contributed by atoms with Gasteiger partial charge in [0.25, 0.3) is 5.91 Å². The van der Waals surface area contributed by atoms with Gasteiger partial charge in [-0.2, -0.15) is 0 Å². The van der Waals surface area contributed by atoms with Crippen molar-refractivity contribution in [3.05, 3.63) is 17.5 Å². The van der Waals surface area contributed by atoms with Crippen LogP contribution in [0.2, 0.25) is 0 Å². The van der Waals surface area contributed by atoms with Gasteiger partial charge in [-0.15, -0.1) is 0 Å². The van der Waals surface area contributed by atoms with Crippen molar-refractivity contribution < 1.29 is 14.3 Å². The van der Waals surface area contributed by atoms with E-state index in [2.05, 4.69) is 9.97 Å². The van der Waals surface area contributed by atoms with Gasteiger partial charge in [0.1, 0.15) is 5.69 Å². The lowest BCUT2D eigenvalue weighted by molar-refractivity contribution is -0.149. The predicted octanol–water partition coefficient (Wildman–Crippen LogP) is 2.31. The van der Waals surface area contributed by atoms with E-state index in [1.165, 1.54) is 11.8 Å². The zero-order valence-electron chi connectivity index (χ0n) is 13.9. The summed E-state index contributed by atoms with van der Waals surface area (Å²) in [6, 6.07) is 1.72. The van der Waals surface area contributed by atoms with Gasteiger partial charge >= 0.3 is 5.97 Å². The summed E-state index contributed by atoms with van der Waals surface area (Å²) in [5.74, 6) is 0.523. The van der Waals surface area contributed by atoms with Crippen molar-refractivity contribution in [2.45, 2.75) is 38.8 Å². The maximum Gasteiger partial charge on any atom is 0.309 e. The molecule has 1 amide bonds. The van der Waals surface area contributed by atoms with Crippen molar-refractivity contribution in [2.24, 2.45) is 5.92 Å². The van der Waals surface area contributed by atoms with Gasteiger partial charge in [-0.25, -0.2) is 9.97 Å². The molecule has 1 aliphatic heterocycles. The number of hydrogen-bond donors (Lipinski definition) is 0. The average Bonchev–Trinajstić information content (AvgIpc) is 2.54. The maximum atomic E-state index is 12.6. The number of rotatable bonds is 5. The summed E-state index contributed by atoms with van der Waals surface area (Å²) in [6.45, 7) is 7.21. The molecule has 1 fully saturated rings. The molecule has 7 heteroatoms. The topological polar surface area (TPSA) is 72.4 Å². The first-order valence-corrected chi connectivity index (χ1v) is 8.98. The Labute approximate surface area is 141 Å². The first kappa shape index (κ1) is 17.7. The van der Waals surface area contributed by atoms with Crippen molar-refractivity contribution in [3.8, 4) is 0 Å². The van der Waals surface area contributed by atoms with Crippen LogP contribution < -0.4 is 0 Å². The molecule has 126 valence electrons. The molecule has 6 nitrogen and oxygen atoms in total. The van der Waals surface area contributed by atoms with E-state index >= 15 is 0 Å². The van der Waals surface area contributed by atoms with Gasteiger partial charge in [0.05, 0.1) is 12.5 Å². The second-order valence-electron chi connectivity index (χ2n) is 5.43. The summed E-state index contributed by atoms with van der Waals surface area (Å²) in [7, 11) is 0. The van der Waals surface area contributed by atoms with Crippen LogP contribution in [0.1, 0.15) is 42.9 Å². The van der Waals surface area contributed by atoms with Crippen LogP contribution in [-0.4, -0.2) is 52.2 Å². The molecule has 1 aromatic rings. The number of thioether (sulfide) groups is 1. The minimum absolute atomic E-state index is 0.0873. The summed E-state index contributed by atoms with van der Waals surface area (Å²) in [5.41, 5.74) is 1.23. The third kappa shape index (κ3) is 4.67. The zero-order chi connectivity index (χ0) is 16.8. The Hall–Kier alpha value is -1.63. The molecule has 2 heterocycles. The summed E-state index contributed by atoms with van der Waals surface area (Å²) in [5, 5.41) is 0.636. The Morgan fingerprint density at radius 1 is 1.30 bits per heavy atom. The standard InChI is InChI=1S/C16H23N3O3S/c1-4-22-15(21)12-6-8-19(9-7-12)14(20)13-10-11(3)17-16(18-13)23-5-2/h10,12H,4-9H2,1-3H3. The van der Waals surface area contributed by atoms with E-state index in [1.807, 2.05) is 13.8 Å². The normalized spacial score (nSPS) is 15.5. The van der Waals surface area contributed by atoms with Crippen molar-refractivity contribution in [2.75, 3.05) is 25.4 Å².